The van der Waals surface area contributed by atoms with Crippen molar-refractivity contribution in [2.75, 3.05) is 42.1 Å². The van der Waals surface area contributed by atoms with E-state index < -0.39 is 15.9 Å². The van der Waals surface area contributed by atoms with Crippen LogP contribution < -0.4 is 10.0 Å². The first-order valence-corrected chi connectivity index (χ1v) is 10.9. The Labute approximate surface area is 169 Å². The zero-order chi connectivity index (χ0) is 20.9. The molecular weight excluding hydrogens is 394 g/mol. The molecule has 0 unspecified atom stereocenters. The Kier molecular flexibility index (Phi) is 6.50. The summed E-state index contributed by atoms with van der Waals surface area (Å²) < 4.78 is 31.0. The fourth-order valence-electron chi connectivity index (χ4n) is 2.85. The molecular formula is C20H23N3O5S. The van der Waals surface area contributed by atoms with Gasteiger partial charge in [0.05, 0.1) is 30.2 Å². The fourth-order valence-corrected chi connectivity index (χ4v) is 3.49. The monoisotopic (exact) mass is 417 g/mol. The first-order valence-electron chi connectivity index (χ1n) is 9.27. The van der Waals surface area contributed by atoms with E-state index in [4.69, 9.17) is 4.74 Å². The molecule has 2 N–H and O–H groups in total. The van der Waals surface area contributed by atoms with E-state index in [2.05, 4.69) is 10.0 Å². The van der Waals surface area contributed by atoms with Crippen molar-refractivity contribution in [3.05, 3.63) is 59.7 Å². The number of nitrogens with one attached hydrogen (secondary N) is 2. The molecule has 0 atom stereocenters. The Balaban J connectivity index is 1.73. The van der Waals surface area contributed by atoms with Crippen LogP contribution in [0, 0.1) is 0 Å². The van der Waals surface area contributed by atoms with E-state index in [1.54, 1.807) is 36.1 Å². The topological polar surface area (TPSA) is 105 Å². The molecule has 1 fully saturated rings. The minimum Gasteiger partial charge on any atom is -0.378 e. The molecule has 8 nitrogen and oxygen atoms in total. The largest absolute Gasteiger partial charge is 0.378 e. The second kappa shape index (κ2) is 9.06. The van der Waals surface area contributed by atoms with Crippen LogP contribution in [0.1, 0.15) is 27.6 Å². The number of para-hydroxylation sites is 1. The molecule has 1 aliphatic heterocycles. The number of benzene rings is 2. The zero-order valence-electron chi connectivity index (χ0n) is 16.1. The second-order valence-electron chi connectivity index (χ2n) is 6.49. The van der Waals surface area contributed by atoms with Gasteiger partial charge in [0.15, 0.2) is 0 Å². The van der Waals surface area contributed by atoms with Crippen LogP contribution in [0.3, 0.4) is 0 Å². The molecule has 2 amide bonds. The minimum atomic E-state index is -3.38. The summed E-state index contributed by atoms with van der Waals surface area (Å²) in [6, 6.07) is 12.9. The molecule has 154 valence electrons. The van der Waals surface area contributed by atoms with Gasteiger partial charge < -0.3 is 15.0 Å². The van der Waals surface area contributed by atoms with Gasteiger partial charge in [0.2, 0.25) is 10.0 Å². The van der Waals surface area contributed by atoms with Crippen LogP contribution >= 0.6 is 0 Å². The van der Waals surface area contributed by atoms with E-state index in [9.17, 15) is 18.0 Å². The Morgan fingerprint density at radius 1 is 1.03 bits per heavy atom. The molecule has 2 aromatic carbocycles. The summed E-state index contributed by atoms with van der Waals surface area (Å²) in [5.74, 6) is -0.589. The Morgan fingerprint density at radius 3 is 2.34 bits per heavy atom. The maximum Gasteiger partial charge on any atom is 0.256 e. The summed E-state index contributed by atoms with van der Waals surface area (Å²) in [5.41, 5.74) is 1.56. The van der Waals surface area contributed by atoms with E-state index in [-0.39, 0.29) is 11.7 Å². The summed E-state index contributed by atoms with van der Waals surface area (Å²) >= 11 is 0. The van der Waals surface area contributed by atoms with Crippen LogP contribution in [0.2, 0.25) is 0 Å². The molecule has 0 spiro atoms. The summed E-state index contributed by atoms with van der Waals surface area (Å²) in [6.07, 6.45) is 0. The van der Waals surface area contributed by atoms with E-state index in [0.717, 1.165) is 0 Å². The summed E-state index contributed by atoms with van der Waals surface area (Å²) in [5, 5.41) is 2.77. The highest BCUT2D eigenvalue weighted by atomic mass is 32.2. The molecule has 3 rings (SSSR count). The van der Waals surface area contributed by atoms with Gasteiger partial charge in [-0.3, -0.25) is 14.3 Å². The van der Waals surface area contributed by atoms with Crippen LogP contribution in [0.25, 0.3) is 0 Å². The maximum atomic E-state index is 12.8. The van der Waals surface area contributed by atoms with Crippen molar-refractivity contribution in [2.45, 2.75) is 6.92 Å². The van der Waals surface area contributed by atoms with Gasteiger partial charge in [-0.25, -0.2) is 8.42 Å². The van der Waals surface area contributed by atoms with Crippen LogP contribution in [0.15, 0.2) is 48.5 Å². The SMILES string of the molecule is CCS(=O)(=O)Nc1ccc(C(=O)Nc2ccccc2C(=O)N2CCOCC2)cc1. The molecule has 1 aliphatic rings. The zero-order valence-corrected chi connectivity index (χ0v) is 16.9. The molecule has 29 heavy (non-hydrogen) atoms. The van der Waals surface area contributed by atoms with Crippen molar-refractivity contribution in [3.8, 4) is 0 Å². The molecule has 0 radical (unpaired) electrons. The minimum absolute atomic E-state index is 0.0385. The Morgan fingerprint density at radius 2 is 1.69 bits per heavy atom. The molecule has 2 aromatic rings. The highest BCUT2D eigenvalue weighted by molar-refractivity contribution is 7.92. The predicted octanol–water partition coefficient (Wildman–Crippen LogP) is 2.17. The number of rotatable bonds is 6. The van der Waals surface area contributed by atoms with Gasteiger partial charge in [0.25, 0.3) is 11.8 Å². The molecule has 0 saturated carbocycles. The van der Waals surface area contributed by atoms with E-state index in [1.165, 1.54) is 24.3 Å². The lowest BCUT2D eigenvalue weighted by Gasteiger charge is -2.27. The van der Waals surface area contributed by atoms with Crippen molar-refractivity contribution < 1.29 is 22.7 Å². The molecule has 9 heteroatoms. The first-order chi connectivity index (χ1) is 13.9. The predicted molar refractivity (Wildman–Crippen MR) is 111 cm³/mol. The average molecular weight is 417 g/mol. The molecule has 0 aliphatic carbocycles. The number of hydrogen-bond acceptors (Lipinski definition) is 5. The van der Waals surface area contributed by atoms with E-state index in [1.807, 2.05) is 0 Å². The lowest BCUT2D eigenvalue weighted by atomic mass is 10.1. The van der Waals surface area contributed by atoms with Crippen molar-refractivity contribution in [3.63, 3.8) is 0 Å². The number of carbonyl (C=O) groups is 2. The lowest BCUT2D eigenvalue weighted by Crippen LogP contribution is -2.41. The number of sulfonamides is 1. The van der Waals surface area contributed by atoms with Crippen LogP contribution in [-0.4, -0.2) is 57.2 Å². The van der Waals surface area contributed by atoms with Gasteiger partial charge in [-0.15, -0.1) is 0 Å². The Bertz CT molecular complexity index is 983. The van der Waals surface area contributed by atoms with Crippen molar-refractivity contribution in [1.82, 2.24) is 4.90 Å². The van der Waals surface area contributed by atoms with Crippen molar-refractivity contribution in [2.24, 2.45) is 0 Å². The average Bonchev–Trinajstić information content (AvgIpc) is 2.74. The van der Waals surface area contributed by atoms with Gasteiger partial charge in [-0.05, 0) is 43.3 Å². The first kappa shape index (κ1) is 20.8. The standard InChI is InChI=1S/C20H23N3O5S/c1-2-29(26,27)22-16-9-7-15(8-10-16)19(24)21-18-6-4-3-5-17(18)20(25)23-11-13-28-14-12-23/h3-10,22H,2,11-14H2,1H3,(H,21,24). The lowest BCUT2D eigenvalue weighted by molar-refractivity contribution is 0.0303. The number of morpholine rings is 1. The normalized spacial score (nSPS) is 14.3. The molecule has 1 heterocycles. The third kappa shape index (κ3) is 5.33. The van der Waals surface area contributed by atoms with Gasteiger partial charge in [0, 0.05) is 24.3 Å². The summed E-state index contributed by atoms with van der Waals surface area (Å²) in [6.45, 7) is 3.55. The van der Waals surface area contributed by atoms with Gasteiger partial charge >= 0.3 is 0 Å². The van der Waals surface area contributed by atoms with Gasteiger partial charge in [0.1, 0.15) is 0 Å². The van der Waals surface area contributed by atoms with Crippen molar-refractivity contribution in [1.29, 1.82) is 0 Å². The number of nitrogens with zero attached hydrogens (tertiary/aromatic N) is 1. The second-order valence-corrected chi connectivity index (χ2v) is 8.50. The number of hydrogen-bond donors (Lipinski definition) is 2. The highest BCUT2D eigenvalue weighted by Crippen LogP contribution is 2.20. The van der Waals surface area contributed by atoms with Crippen LogP contribution in [-0.2, 0) is 14.8 Å². The molecule has 0 aromatic heterocycles. The highest BCUT2D eigenvalue weighted by Gasteiger charge is 2.21. The fraction of sp³-hybridized carbons (Fsp3) is 0.300. The van der Waals surface area contributed by atoms with Gasteiger partial charge in [-0.2, -0.15) is 0 Å². The number of ether oxygens (including phenoxy) is 1. The molecule has 0 bridgehead atoms. The Hall–Kier alpha value is -2.91. The third-order valence-corrected chi connectivity index (χ3v) is 5.81. The maximum absolute atomic E-state index is 12.8. The summed E-state index contributed by atoms with van der Waals surface area (Å²) in [4.78, 5) is 27.1. The third-order valence-electron chi connectivity index (χ3n) is 4.50. The smallest absolute Gasteiger partial charge is 0.256 e. The quantitative estimate of drug-likeness (QED) is 0.750. The van der Waals surface area contributed by atoms with Crippen LogP contribution in [0.5, 0.6) is 0 Å². The summed E-state index contributed by atoms with van der Waals surface area (Å²) in [7, 11) is -3.38. The number of amides is 2. The molecule has 1 saturated heterocycles. The number of anilines is 2. The van der Waals surface area contributed by atoms with E-state index in [0.29, 0.717) is 48.8 Å². The van der Waals surface area contributed by atoms with E-state index >= 15 is 0 Å². The van der Waals surface area contributed by atoms with Crippen molar-refractivity contribution >= 4 is 33.2 Å². The van der Waals surface area contributed by atoms with Gasteiger partial charge in [-0.1, -0.05) is 12.1 Å². The number of carbonyl (C=O) groups excluding carboxylic acids is 2. The van der Waals surface area contributed by atoms with Crippen LogP contribution in [0.4, 0.5) is 11.4 Å².